The summed E-state index contributed by atoms with van der Waals surface area (Å²) in [5, 5.41) is 0.428. The molecule has 0 N–H and O–H groups in total. The van der Waals surface area contributed by atoms with Crippen LogP contribution in [0, 0.1) is 5.92 Å². The molecule has 2 heterocycles. The van der Waals surface area contributed by atoms with E-state index in [9.17, 15) is 13.2 Å². The number of hydrogen-bond donors (Lipinski definition) is 0. The highest BCUT2D eigenvalue weighted by atomic mass is 79.9. The Morgan fingerprint density at radius 1 is 1.17 bits per heavy atom. The van der Waals surface area contributed by atoms with Crippen molar-refractivity contribution in [2.45, 2.75) is 37.1 Å². The van der Waals surface area contributed by atoms with E-state index in [1.807, 2.05) is 30.0 Å². The minimum atomic E-state index is -3.84. The van der Waals surface area contributed by atoms with Gasteiger partial charge in [0.25, 0.3) is 0 Å². The Labute approximate surface area is 195 Å². The highest BCUT2D eigenvalue weighted by Gasteiger charge is 2.39. The zero-order chi connectivity index (χ0) is 21.6. The van der Waals surface area contributed by atoms with Crippen LogP contribution in [0.15, 0.2) is 45.8 Å². The number of hydrogen-bond acceptors (Lipinski definition) is 3. The molecule has 2 aliphatic rings. The minimum Gasteiger partial charge on any atom is -0.309 e. The van der Waals surface area contributed by atoms with Crippen molar-refractivity contribution < 1.29 is 13.2 Å². The van der Waals surface area contributed by atoms with Gasteiger partial charge in [-0.15, -0.1) is 0 Å². The molecule has 1 amide bonds. The molecular formula is C21H21BrCl2N2O3S. The highest BCUT2D eigenvalue weighted by Crippen LogP contribution is 2.37. The molecule has 0 radical (unpaired) electrons. The minimum absolute atomic E-state index is 0.0190. The summed E-state index contributed by atoms with van der Waals surface area (Å²) in [6.07, 6.45) is 2.06. The van der Waals surface area contributed by atoms with Crippen molar-refractivity contribution in [2.24, 2.45) is 5.92 Å². The van der Waals surface area contributed by atoms with Crippen molar-refractivity contribution in [2.75, 3.05) is 18.0 Å². The molecule has 0 aromatic heterocycles. The fraction of sp³-hybridized carbons (Fsp3) is 0.381. The fourth-order valence-corrected chi connectivity index (χ4v) is 6.98. The Morgan fingerprint density at radius 2 is 1.93 bits per heavy atom. The van der Waals surface area contributed by atoms with Crippen LogP contribution >= 0.6 is 39.1 Å². The maximum Gasteiger partial charge on any atom is 0.244 e. The van der Waals surface area contributed by atoms with E-state index in [4.69, 9.17) is 23.2 Å². The van der Waals surface area contributed by atoms with Crippen LogP contribution in [-0.4, -0.2) is 37.8 Å². The lowest BCUT2D eigenvalue weighted by atomic mass is 9.97. The zero-order valence-corrected chi connectivity index (χ0v) is 20.2. The van der Waals surface area contributed by atoms with E-state index in [0.29, 0.717) is 24.4 Å². The van der Waals surface area contributed by atoms with Crippen LogP contribution in [0.1, 0.15) is 25.3 Å². The third-order valence-electron chi connectivity index (χ3n) is 5.74. The van der Waals surface area contributed by atoms with Crippen LogP contribution in [-0.2, 0) is 21.2 Å². The second-order valence-electron chi connectivity index (χ2n) is 7.81. The van der Waals surface area contributed by atoms with Crippen molar-refractivity contribution in [3.05, 3.63) is 56.5 Å². The maximum atomic E-state index is 13.4. The Kier molecular flexibility index (Phi) is 6.21. The standard InChI is InChI=1S/C21H21BrCl2N2O3S/c1-13-9-15-10-16(22)4-7-19(15)26(13)21(27)14-3-2-8-25(12-14)30(28,29)20-11-17(23)5-6-18(20)24/h4-7,10-11,13-14H,2-3,8-9,12H2,1H3/t13-,14+/m0/s1. The summed E-state index contributed by atoms with van der Waals surface area (Å²) in [5.41, 5.74) is 2.03. The van der Waals surface area contributed by atoms with Crippen molar-refractivity contribution in [1.29, 1.82) is 0 Å². The van der Waals surface area contributed by atoms with E-state index in [0.717, 1.165) is 22.1 Å². The normalized spacial score (nSPS) is 22.2. The second kappa shape index (κ2) is 8.43. The first-order valence-electron chi connectivity index (χ1n) is 9.75. The third kappa shape index (κ3) is 4.02. The van der Waals surface area contributed by atoms with Crippen LogP contribution in [0.5, 0.6) is 0 Å². The molecule has 0 saturated carbocycles. The molecule has 2 atom stereocenters. The largest absolute Gasteiger partial charge is 0.309 e. The number of sulfonamides is 1. The molecule has 9 heteroatoms. The third-order valence-corrected chi connectivity index (χ3v) is 8.81. The lowest BCUT2D eigenvalue weighted by molar-refractivity contribution is -0.123. The SMILES string of the molecule is C[C@H]1Cc2cc(Br)ccc2N1C(=O)[C@@H]1CCCN(S(=O)(=O)c2cc(Cl)ccc2Cl)C1. The van der Waals surface area contributed by atoms with Crippen LogP contribution in [0.25, 0.3) is 0 Å². The average Bonchev–Trinajstić information content (AvgIpc) is 3.04. The topological polar surface area (TPSA) is 57.7 Å². The predicted octanol–water partition coefficient (Wildman–Crippen LogP) is 5.13. The Balaban J connectivity index is 1.59. The van der Waals surface area contributed by atoms with Crippen molar-refractivity contribution >= 4 is 60.7 Å². The molecule has 0 aliphatic carbocycles. The molecule has 2 aliphatic heterocycles. The molecule has 2 aromatic rings. The molecule has 160 valence electrons. The first kappa shape index (κ1) is 22.1. The summed E-state index contributed by atoms with van der Waals surface area (Å²) < 4.78 is 28.7. The van der Waals surface area contributed by atoms with Gasteiger partial charge >= 0.3 is 0 Å². The van der Waals surface area contributed by atoms with E-state index < -0.39 is 15.9 Å². The van der Waals surface area contributed by atoms with Gasteiger partial charge < -0.3 is 4.90 Å². The second-order valence-corrected chi connectivity index (χ2v) is 11.5. The summed E-state index contributed by atoms with van der Waals surface area (Å²) in [6, 6.07) is 10.3. The molecule has 1 fully saturated rings. The Bertz CT molecular complexity index is 1110. The van der Waals surface area contributed by atoms with Gasteiger partial charge in [-0.25, -0.2) is 8.42 Å². The number of nitrogens with zero attached hydrogens (tertiary/aromatic N) is 2. The van der Waals surface area contributed by atoms with E-state index >= 15 is 0 Å². The summed E-state index contributed by atoms with van der Waals surface area (Å²) in [6.45, 7) is 2.52. The molecule has 0 unspecified atom stereocenters. The van der Waals surface area contributed by atoms with Gasteiger partial charge in [0.15, 0.2) is 0 Å². The maximum absolute atomic E-state index is 13.4. The number of carbonyl (C=O) groups excluding carboxylic acids is 1. The lowest BCUT2D eigenvalue weighted by Crippen LogP contribution is -2.48. The number of amides is 1. The number of fused-ring (bicyclic) bond motifs is 1. The summed E-state index contributed by atoms with van der Waals surface area (Å²) in [7, 11) is -3.84. The summed E-state index contributed by atoms with van der Waals surface area (Å²) in [5.74, 6) is -0.427. The van der Waals surface area contributed by atoms with E-state index in [1.54, 1.807) is 6.07 Å². The van der Waals surface area contributed by atoms with Crippen molar-refractivity contribution in [3.63, 3.8) is 0 Å². The monoisotopic (exact) mass is 530 g/mol. The van der Waals surface area contributed by atoms with Gasteiger partial charge in [-0.2, -0.15) is 4.31 Å². The van der Waals surface area contributed by atoms with E-state index in [1.165, 1.54) is 16.4 Å². The quantitative estimate of drug-likeness (QED) is 0.551. The van der Waals surface area contributed by atoms with Crippen LogP contribution in [0.4, 0.5) is 5.69 Å². The van der Waals surface area contributed by atoms with Crippen LogP contribution in [0.3, 0.4) is 0 Å². The van der Waals surface area contributed by atoms with E-state index in [2.05, 4.69) is 15.9 Å². The fourth-order valence-electron chi connectivity index (χ4n) is 4.31. The Hall–Kier alpha value is -1.12. The number of benzene rings is 2. The number of piperidine rings is 1. The van der Waals surface area contributed by atoms with E-state index in [-0.39, 0.29) is 28.4 Å². The summed E-state index contributed by atoms with van der Waals surface area (Å²) >= 11 is 15.6. The molecule has 5 nitrogen and oxygen atoms in total. The average molecular weight is 532 g/mol. The zero-order valence-electron chi connectivity index (χ0n) is 16.3. The van der Waals surface area contributed by atoms with Gasteiger partial charge in [-0.1, -0.05) is 39.1 Å². The van der Waals surface area contributed by atoms with Crippen molar-refractivity contribution in [1.82, 2.24) is 4.31 Å². The summed E-state index contributed by atoms with van der Waals surface area (Å²) in [4.78, 5) is 15.2. The predicted molar refractivity (Wildman–Crippen MR) is 123 cm³/mol. The number of rotatable bonds is 3. The number of halogens is 3. The van der Waals surface area contributed by atoms with Crippen LogP contribution in [0.2, 0.25) is 10.0 Å². The van der Waals surface area contributed by atoms with Gasteiger partial charge in [0.05, 0.1) is 10.9 Å². The lowest BCUT2D eigenvalue weighted by Gasteiger charge is -2.34. The molecule has 1 saturated heterocycles. The first-order valence-corrected chi connectivity index (χ1v) is 12.7. The van der Waals surface area contributed by atoms with Gasteiger partial charge in [-0.05, 0) is 68.1 Å². The number of anilines is 1. The van der Waals surface area contributed by atoms with Gasteiger partial charge in [-0.3, -0.25) is 4.79 Å². The first-order chi connectivity index (χ1) is 14.2. The highest BCUT2D eigenvalue weighted by molar-refractivity contribution is 9.10. The molecule has 2 aromatic carbocycles. The van der Waals surface area contributed by atoms with Crippen molar-refractivity contribution in [3.8, 4) is 0 Å². The molecular weight excluding hydrogens is 511 g/mol. The molecule has 0 spiro atoms. The van der Waals surface area contributed by atoms with Gasteiger partial charge in [0.1, 0.15) is 4.90 Å². The molecule has 0 bridgehead atoms. The Morgan fingerprint density at radius 3 is 2.70 bits per heavy atom. The smallest absolute Gasteiger partial charge is 0.244 e. The van der Waals surface area contributed by atoms with Gasteiger partial charge in [0, 0.05) is 34.3 Å². The molecule has 30 heavy (non-hydrogen) atoms. The number of carbonyl (C=O) groups is 1. The molecule has 4 rings (SSSR count). The van der Waals surface area contributed by atoms with Gasteiger partial charge in [0.2, 0.25) is 15.9 Å². The van der Waals surface area contributed by atoms with Crippen LogP contribution < -0.4 is 4.90 Å².